The highest BCUT2D eigenvalue weighted by molar-refractivity contribution is 5.86. The third-order valence-corrected chi connectivity index (χ3v) is 16.6. The Morgan fingerprint density at radius 2 is 0.389 bits per heavy atom. The molecule has 530 valence electrons. The lowest BCUT2D eigenvalue weighted by atomic mass is 9.70. The van der Waals surface area contributed by atoms with Crippen LogP contribution in [0.1, 0.15) is 85.9 Å². The zero-order valence-electron chi connectivity index (χ0n) is 54.9. The molecule has 30 nitrogen and oxygen atoms in total. The van der Waals surface area contributed by atoms with Gasteiger partial charge >= 0.3 is 53.7 Å². The van der Waals surface area contributed by atoms with E-state index in [9.17, 15) is 90.0 Å². The maximum Gasteiger partial charge on any atom is 0.324 e. The first kappa shape index (κ1) is 81.6. The Morgan fingerprint density at radius 1 is 0.242 bits per heavy atom. The summed E-state index contributed by atoms with van der Waals surface area (Å²) in [6.07, 6.45) is 0. The van der Waals surface area contributed by atoms with Crippen LogP contribution in [-0.4, -0.2) is 234 Å². The van der Waals surface area contributed by atoms with Gasteiger partial charge < -0.3 is 104 Å². The van der Waals surface area contributed by atoms with E-state index in [0.717, 1.165) is 62.3 Å². The fourth-order valence-corrected chi connectivity index (χ4v) is 7.96. The van der Waals surface area contributed by atoms with Crippen LogP contribution < -0.4 is 14.2 Å². The standard InChI is InChI=1S/C65H90O30/c1-56(23-66,24-67)47(78)87-35-62(7,36-88-48(79)57(2,25-68)26-69)53(84)93-44-20-14-11-17-41(44)65(10,42-18-12-15-21-45(42)94-54(85)63(8,37-89-49(80)58(3,27-70)28-71)38-90-50(81)59(4,29-72)30-73)43-19-13-16-22-46(43)95-55(86)64(9,39-91-51(82)60(5,31-74)32-75)40-92-52(83)61(6,33-76)34-77/h11-22,66-77H,23-40H2,1-10H3. The van der Waals surface area contributed by atoms with Gasteiger partial charge in [-0.05, 0) is 87.4 Å². The molecule has 0 atom stereocenters. The second kappa shape index (κ2) is 33.9. The molecule has 0 bridgehead atoms. The Balaban J connectivity index is 2.55. The van der Waals surface area contributed by atoms with E-state index >= 15 is 14.4 Å². The molecule has 3 aromatic rings. The first-order valence-electron chi connectivity index (χ1n) is 29.7. The highest BCUT2D eigenvalue weighted by Crippen LogP contribution is 2.50. The molecule has 0 radical (unpaired) electrons. The van der Waals surface area contributed by atoms with Gasteiger partial charge in [-0.3, -0.25) is 43.2 Å². The van der Waals surface area contributed by atoms with Crippen LogP contribution in [0.3, 0.4) is 0 Å². The number of aliphatic hydroxyl groups excluding tert-OH is 12. The molecule has 0 amide bonds. The van der Waals surface area contributed by atoms with Crippen molar-refractivity contribution in [3.63, 3.8) is 0 Å². The molecule has 0 unspecified atom stereocenters. The lowest BCUT2D eigenvalue weighted by molar-refractivity contribution is -0.178. The summed E-state index contributed by atoms with van der Waals surface area (Å²) < 4.78 is 51.5. The number of hydrogen-bond donors (Lipinski definition) is 12. The van der Waals surface area contributed by atoms with Gasteiger partial charge in [0, 0.05) is 16.7 Å². The molecule has 0 aliphatic carbocycles. The second-order valence-electron chi connectivity index (χ2n) is 26.2. The summed E-state index contributed by atoms with van der Waals surface area (Å²) in [5.74, 6) is -12.5. The molecule has 0 aliphatic rings. The molecule has 0 saturated carbocycles. The lowest BCUT2D eigenvalue weighted by Crippen LogP contribution is -2.46. The Kier molecular flexibility index (Phi) is 29.1. The van der Waals surface area contributed by atoms with E-state index in [-0.39, 0.29) is 16.7 Å². The number of carbonyl (C=O) groups excluding carboxylic acids is 9. The second-order valence-corrected chi connectivity index (χ2v) is 26.2. The number of ether oxygens (including phenoxy) is 9. The summed E-state index contributed by atoms with van der Waals surface area (Å²) in [6, 6.07) is 16.5. The molecule has 30 heteroatoms. The van der Waals surface area contributed by atoms with Crippen molar-refractivity contribution in [2.24, 2.45) is 48.7 Å². The minimum Gasteiger partial charge on any atom is -0.464 e. The lowest BCUT2D eigenvalue weighted by Gasteiger charge is -2.37. The maximum absolute atomic E-state index is 15.1. The zero-order chi connectivity index (χ0) is 72.2. The van der Waals surface area contributed by atoms with Crippen LogP contribution in [0.2, 0.25) is 0 Å². The highest BCUT2D eigenvalue weighted by Gasteiger charge is 2.50. The van der Waals surface area contributed by atoms with E-state index in [4.69, 9.17) is 42.6 Å². The van der Waals surface area contributed by atoms with Crippen molar-refractivity contribution >= 4 is 53.7 Å². The minimum absolute atomic E-state index is 0.103. The third kappa shape index (κ3) is 18.7. The molecule has 0 fully saturated rings. The van der Waals surface area contributed by atoms with Crippen LogP contribution in [0.5, 0.6) is 17.2 Å². The minimum atomic E-state index is -2.27. The van der Waals surface area contributed by atoms with E-state index in [1.165, 1.54) is 79.7 Å². The van der Waals surface area contributed by atoms with Crippen molar-refractivity contribution in [3.05, 3.63) is 89.5 Å². The van der Waals surface area contributed by atoms with Crippen LogP contribution >= 0.6 is 0 Å². The van der Waals surface area contributed by atoms with E-state index in [0.29, 0.717) is 0 Å². The third-order valence-electron chi connectivity index (χ3n) is 16.6. The molecular formula is C65H90O30. The summed E-state index contributed by atoms with van der Waals surface area (Å²) in [5.41, 5.74) is -20.8. The van der Waals surface area contributed by atoms with Gasteiger partial charge in [0.2, 0.25) is 0 Å². The summed E-state index contributed by atoms with van der Waals surface area (Å²) in [6.45, 7) is -5.47. The molecule has 0 spiro atoms. The molecule has 0 heterocycles. The first-order chi connectivity index (χ1) is 44.4. The number of hydrogen-bond acceptors (Lipinski definition) is 30. The first-order valence-corrected chi connectivity index (χ1v) is 29.7. The average Bonchev–Trinajstić information content (AvgIpc) is 0.739. The van der Waals surface area contributed by atoms with Crippen LogP contribution in [-0.2, 0) is 77.0 Å². The van der Waals surface area contributed by atoms with Gasteiger partial charge in [-0.25, -0.2) is 0 Å². The smallest absolute Gasteiger partial charge is 0.324 e. The van der Waals surface area contributed by atoms with Gasteiger partial charge in [0.05, 0.1) is 84.7 Å². The quantitative estimate of drug-likeness (QED) is 0.0141. The summed E-state index contributed by atoms with van der Waals surface area (Å²) in [7, 11) is 0. The fraction of sp³-hybridized carbons (Fsp3) is 0.585. The SMILES string of the molecule is CC(CO)(CO)C(=O)OCC(C)(COC(=O)C(C)(CO)CO)C(=O)Oc1ccccc1C(C)(c1ccccc1OC(=O)C(C)(COC(=O)C(C)(CO)CO)COC(=O)C(C)(CO)CO)c1ccccc1OC(=O)C(C)(COC(=O)C(C)(CO)CO)COC(=O)C(C)(CO)CO. The Hall–Kier alpha value is -7.59. The van der Waals surface area contributed by atoms with E-state index in [1.807, 2.05) is 0 Å². The van der Waals surface area contributed by atoms with Crippen LogP contribution in [0, 0.1) is 48.7 Å². The van der Waals surface area contributed by atoms with Gasteiger partial charge in [-0.1, -0.05) is 54.6 Å². The van der Waals surface area contributed by atoms with Gasteiger partial charge in [0.1, 0.15) is 106 Å². The number of aliphatic hydroxyl groups is 12. The number of rotatable bonds is 39. The Labute approximate surface area is 548 Å². The van der Waals surface area contributed by atoms with E-state index < -0.39 is 244 Å². The van der Waals surface area contributed by atoms with Gasteiger partial charge in [0.15, 0.2) is 0 Å². The van der Waals surface area contributed by atoms with Gasteiger partial charge in [-0.2, -0.15) is 0 Å². The molecular weight excluding hydrogens is 1260 g/mol. The monoisotopic (exact) mass is 1350 g/mol. The molecule has 0 aliphatic heterocycles. The number of para-hydroxylation sites is 3. The maximum atomic E-state index is 15.1. The van der Waals surface area contributed by atoms with Crippen LogP contribution in [0.4, 0.5) is 0 Å². The molecule has 3 rings (SSSR count). The number of carbonyl (C=O) groups is 9. The van der Waals surface area contributed by atoms with Crippen molar-refractivity contribution in [1.29, 1.82) is 0 Å². The summed E-state index contributed by atoms with van der Waals surface area (Å²) in [5, 5.41) is 120. The van der Waals surface area contributed by atoms with Crippen molar-refractivity contribution in [2.45, 2.75) is 74.7 Å². The van der Waals surface area contributed by atoms with Gasteiger partial charge in [-0.15, -0.1) is 0 Å². The topological polar surface area (TPSA) is 479 Å². The Morgan fingerprint density at radius 3 is 0.537 bits per heavy atom. The molecule has 0 saturated heterocycles. The molecule has 95 heavy (non-hydrogen) atoms. The van der Waals surface area contributed by atoms with Crippen molar-refractivity contribution < 1.29 is 147 Å². The fourth-order valence-electron chi connectivity index (χ4n) is 7.96. The van der Waals surface area contributed by atoms with E-state index in [2.05, 4.69) is 0 Å². The predicted molar refractivity (Wildman–Crippen MR) is 326 cm³/mol. The summed E-state index contributed by atoms with van der Waals surface area (Å²) in [4.78, 5) is 126. The number of esters is 9. The normalized spacial score (nSPS) is 12.8. The summed E-state index contributed by atoms with van der Waals surface area (Å²) >= 11 is 0. The largest absolute Gasteiger partial charge is 0.464 e. The Bertz CT molecular complexity index is 2700. The predicted octanol–water partition coefficient (Wildman–Crippen LogP) is -1.02. The average molecular weight is 1350 g/mol. The van der Waals surface area contributed by atoms with Gasteiger partial charge in [0.25, 0.3) is 0 Å². The van der Waals surface area contributed by atoms with Crippen molar-refractivity contribution in [1.82, 2.24) is 0 Å². The number of benzene rings is 3. The van der Waals surface area contributed by atoms with Crippen molar-refractivity contribution in [2.75, 3.05) is 119 Å². The molecule has 0 aromatic heterocycles. The van der Waals surface area contributed by atoms with Crippen LogP contribution in [0.25, 0.3) is 0 Å². The van der Waals surface area contributed by atoms with Crippen LogP contribution in [0.15, 0.2) is 72.8 Å². The highest BCUT2D eigenvalue weighted by atomic mass is 16.6. The van der Waals surface area contributed by atoms with Crippen molar-refractivity contribution in [3.8, 4) is 17.2 Å². The molecule has 3 aromatic carbocycles. The van der Waals surface area contributed by atoms with E-state index in [1.54, 1.807) is 0 Å². The molecule has 12 N–H and O–H groups in total. The zero-order valence-corrected chi connectivity index (χ0v) is 54.9.